The van der Waals surface area contributed by atoms with Crippen molar-refractivity contribution in [1.82, 2.24) is 0 Å². The maximum Gasteiger partial charge on any atom is 0.268 e. The fourth-order valence-electron chi connectivity index (χ4n) is 3.37. The summed E-state index contributed by atoms with van der Waals surface area (Å²) in [5.41, 5.74) is 3.58. The second kappa shape index (κ2) is 9.22. The van der Waals surface area contributed by atoms with Crippen LogP contribution in [0.5, 0.6) is 5.75 Å². The van der Waals surface area contributed by atoms with E-state index in [1.54, 1.807) is 54.6 Å². The van der Waals surface area contributed by atoms with E-state index in [9.17, 15) is 13.2 Å². The van der Waals surface area contributed by atoms with Crippen molar-refractivity contribution in [2.75, 3.05) is 23.3 Å². The second-order valence-corrected chi connectivity index (χ2v) is 9.26. The molecule has 3 aromatic carbocycles. The topological polar surface area (TPSA) is 75.7 Å². The molecule has 0 radical (unpaired) electrons. The van der Waals surface area contributed by atoms with E-state index in [0.717, 1.165) is 21.0 Å². The van der Waals surface area contributed by atoms with Crippen LogP contribution < -0.4 is 14.4 Å². The maximum absolute atomic E-state index is 13.7. The summed E-state index contributed by atoms with van der Waals surface area (Å²) in [6.45, 7) is 5.20. The Morgan fingerprint density at radius 2 is 1.55 bits per heavy atom. The van der Waals surface area contributed by atoms with E-state index in [-0.39, 0.29) is 17.2 Å². The van der Waals surface area contributed by atoms with E-state index in [1.807, 2.05) is 32.9 Å². The molecule has 0 aliphatic rings. The first-order valence-corrected chi connectivity index (χ1v) is 11.3. The molecule has 3 rings (SSSR count). The van der Waals surface area contributed by atoms with E-state index < -0.39 is 15.9 Å². The molecule has 0 saturated carbocycles. The zero-order valence-electron chi connectivity index (χ0n) is 18.0. The van der Waals surface area contributed by atoms with Crippen LogP contribution in [0.4, 0.5) is 11.4 Å². The number of nitrogens with one attached hydrogen (secondary N) is 1. The maximum atomic E-state index is 13.7. The third kappa shape index (κ3) is 5.24. The van der Waals surface area contributed by atoms with Gasteiger partial charge in [0, 0.05) is 5.69 Å². The Bertz CT molecular complexity index is 1170. The van der Waals surface area contributed by atoms with Crippen molar-refractivity contribution in [3.05, 3.63) is 83.4 Å². The predicted molar refractivity (Wildman–Crippen MR) is 123 cm³/mol. The van der Waals surface area contributed by atoms with Crippen molar-refractivity contribution >= 4 is 27.3 Å². The highest BCUT2D eigenvalue weighted by Gasteiger charge is 2.30. The quantitative estimate of drug-likeness (QED) is 0.591. The van der Waals surface area contributed by atoms with Crippen molar-refractivity contribution in [2.45, 2.75) is 25.7 Å². The molecule has 0 aliphatic carbocycles. The molecule has 1 N–H and O–H groups in total. The number of aryl methyl sites for hydroxylation is 3. The van der Waals surface area contributed by atoms with Gasteiger partial charge >= 0.3 is 0 Å². The van der Waals surface area contributed by atoms with Crippen LogP contribution in [0.1, 0.15) is 16.7 Å². The molecule has 0 spiro atoms. The Morgan fingerprint density at radius 1 is 0.903 bits per heavy atom. The van der Waals surface area contributed by atoms with Crippen LogP contribution in [0.15, 0.2) is 71.6 Å². The Labute approximate surface area is 183 Å². The van der Waals surface area contributed by atoms with E-state index in [0.29, 0.717) is 11.4 Å². The number of carbonyl (C=O) groups is 1. The van der Waals surface area contributed by atoms with Crippen LogP contribution in [0.25, 0.3) is 0 Å². The summed E-state index contributed by atoms with van der Waals surface area (Å²) < 4.78 is 33.9. The summed E-state index contributed by atoms with van der Waals surface area (Å²) in [6.07, 6.45) is 0. The number of anilines is 2. The highest BCUT2D eigenvalue weighted by Crippen LogP contribution is 2.31. The van der Waals surface area contributed by atoms with Crippen LogP contribution in [-0.2, 0) is 14.8 Å². The Hall–Kier alpha value is -3.32. The first-order valence-electron chi connectivity index (χ1n) is 9.81. The van der Waals surface area contributed by atoms with Gasteiger partial charge in [0.1, 0.15) is 17.2 Å². The minimum absolute atomic E-state index is 0.0154. The first kappa shape index (κ1) is 22.4. The smallest absolute Gasteiger partial charge is 0.268 e. The van der Waals surface area contributed by atoms with E-state index in [1.165, 1.54) is 7.11 Å². The number of rotatable bonds is 7. The zero-order valence-corrected chi connectivity index (χ0v) is 18.9. The molecular formula is C24H26N2O4S. The predicted octanol–water partition coefficient (Wildman–Crippen LogP) is 4.45. The van der Waals surface area contributed by atoms with Gasteiger partial charge in [0.15, 0.2) is 0 Å². The summed E-state index contributed by atoms with van der Waals surface area (Å²) in [4.78, 5) is 12.8. The molecule has 0 aliphatic heterocycles. The second-order valence-electron chi connectivity index (χ2n) is 7.43. The standard InChI is InChI=1S/C24H26N2O4S/c1-17-10-11-22(30-4)23(15-17)31(28,29)26(21-13-18(2)12-19(3)14-21)16-24(27)25-20-8-6-5-7-9-20/h5-15H,16H2,1-4H3,(H,25,27). The molecule has 31 heavy (non-hydrogen) atoms. The fraction of sp³-hybridized carbons (Fsp3) is 0.208. The number of sulfonamides is 1. The van der Waals surface area contributed by atoms with Crippen LogP contribution >= 0.6 is 0 Å². The first-order chi connectivity index (χ1) is 14.7. The minimum atomic E-state index is -4.09. The molecule has 7 heteroatoms. The van der Waals surface area contributed by atoms with Crippen molar-refractivity contribution in [1.29, 1.82) is 0 Å². The number of carbonyl (C=O) groups excluding carboxylic acids is 1. The van der Waals surface area contributed by atoms with Crippen LogP contribution in [0.3, 0.4) is 0 Å². The Balaban J connectivity index is 2.07. The number of amides is 1. The fourth-order valence-corrected chi connectivity index (χ4v) is 5.01. The summed E-state index contributed by atoms with van der Waals surface area (Å²) in [5.74, 6) is -0.219. The van der Waals surface area contributed by atoms with Crippen LogP contribution in [0, 0.1) is 20.8 Å². The molecule has 0 unspecified atom stereocenters. The van der Waals surface area contributed by atoms with E-state index in [2.05, 4.69) is 5.32 Å². The van der Waals surface area contributed by atoms with Crippen molar-refractivity contribution in [3.63, 3.8) is 0 Å². The largest absolute Gasteiger partial charge is 0.495 e. The molecule has 0 bridgehead atoms. The normalized spacial score (nSPS) is 11.1. The molecule has 6 nitrogen and oxygen atoms in total. The van der Waals surface area contributed by atoms with Gasteiger partial charge in [-0.2, -0.15) is 0 Å². The SMILES string of the molecule is COc1ccc(C)cc1S(=O)(=O)N(CC(=O)Nc1ccccc1)c1cc(C)cc(C)c1. The van der Waals surface area contributed by atoms with Gasteiger partial charge in [-0.1, -0.05) is 30.3 Å². The molecule has 0 fully saturated rings. The summed E-state index contributed by atoms with van der Waals surface area (Å²) in [5, 5.41) is 2.76. The van der Waals surface area contributed by atoms with E-state index >= 15 is 0 Å². The van der Waals surface area contributed by atoms with Gasteiger partial charge in [-0.3, -0.25) is 9.10 Å². The lowest BCUT2D eigenvalue weighted by Crippen LogP contribution is -2.38. The number of nitrogens with zero attached hydrogens (tertiary/aromatic N) is 1. The molecule has 0 atom stereocenters. The lowest BCUT2D eigenvalue weighted by molar-refractivity contribution is -0.114. The van der Waals surface area contributed by atoms with Crippen molar-refractivity contribution < 1.29 is 17.9 Å². The number of benzene rings is 3. The summed E-state index contributed by atoms with van der Waals surface area (Å²) >= 11 is 0. The van der Waals surface area contributed by atoms with Crippen molar-refractivity contribution in [2.24, 2.45) is 0 Å². The highest BCUT2D eigenvalue weighted by molar-refractivity contribution is 7.93. The van der Waals surface area contributed by atoms with Gasteiger partial charge < -0.3 is 10.1 Å². The number of ether oxygens (including phenoxy) is 1. The summed E-state index contributed by atoms with van der Waals surface area (Å²) in [7, 11) is -2.67. The Kier molecular flexibility index (Phi) is 6.65. The van der Waals surface area contributed by atoms with Gasteiger partial charge in [-0.15, -0.1) is 0 Å². The molecule has 3 aromatic rings. The molecule has 0 saturated heterocycles. The number of para-hydroxylation sites is 1. The van der Waals surface area contributed by atoms with Crippen molar-refractivity contribution in [3.8, 4) is 5.75 Å². The van der Waals surface area contributed by atoms with Gasteiger partial charge in [-0.05, 0) is 73.9 Å². The van der Waals surface area contributed by atoms with Crippen LogP contribution in [0.2, 0.25) is 0 Å². The average molecular weight is 439 g/mol. The number of hydrogen-bond donors (Lipinski definition) is 1. The van der Waals surface area contributed by atoms with Gasteiger partial charge in [0.25, 0.3) is 10.0 Å². The molecular weight excluding hydrogens is 412 g/mol. The Morgan fingerprint density at radius 3 is 2.16 bits per heavy atom. The van der Waals surface area contributed by atoms with Gasteiger partial charge in [0.2, 0.25) is 5.91 Å². The van der Waals surface area contributed by atoms with Crippen LogP contribution in [-0.4, -0.2) is 28.0 Å². The third-order valence-corrected chi connectivity index (χ3v) is 6.52. The number of methoxy groups -OCH3 is 1. The highest BCUT2D eigenvalue weighted by atomic mass is 32.2. The van der Waals surface area contributed by atoms with Gasteiger partial charge in [0.05, 0.1) is 12.8 Å². The van der Waals surface area contributed by atoms with Gasteiger partial charge in [-0.25, -0.2) is 8.42 Å². The minimum Gasteiger partial charge on any atom is -0.495 e. The lowest BCUT2D eigenvalue weighted by atomic mass is 10.1. The molecule has 0 aromatic heterocycles. The van der Waals surface area contributed by atoms with E-state index in [4.69, 9.17) is 4.74 Å². The monoisotopic (exact) mass is 438 g/mol. The zero-order chi connectivity index (χ0) is 22.6. The average Bonchev–Trinajstić information content (AvgIpc) is 2.72. The molecule has 0 heterocycles. The summed E-state index contributed by atoms with van der Waals surface area (Å²) in [6, 6.07) is 19.3. The molecule has 162 valence electrons. The number of hydrogen-bond acceptors (Lipinski definition) is 4. The lowest BCUT2D eigenvalue weighted by Gasteiger charge is -2.26. The third-order valence-electron chi connectivity index (χ3n) is 4.73. The molecule has 1 amide bonds.